The molecule has 0 aliphatic heterocycles. The highest BCUT2D eigenvalue weighted by molar-refractivity contribution is 5.13. The highest BCUT2D eigenvalue weighted by Gasteiger charge is 2.32. The zero-order valence-corrected chi connectivity index (χ0v) is 38.6. The van der Waals surface area contributed by atoms with Crippen molar-refractivity contribution in [1.82, 2.24) is 0 Å². The van der Waals surface area contributed by atoms with E-state index in [9.17, 15) is 10.2 Å². The van der Waals surface area contributed by atoms with E-state index in [1.54, 1.807) is 0 Å². The van der Waals surface area contributed by atoms with Gasteiger partial charge in [-0.15, -0.1) is 0 Å². The number of halogens is 2. The summed E-state index contributed by atoms with van der Waals surface area (Å²) in [4.78, 5) is 0. The van der Waals surface area contributed by atoms with Crippen LogP contribution in [0, 0.1) is 5.41 Å². The van der Waals surface area contributed by atoms with Crippen LogP contribution in [-0.2, 0) is 17.8 Å². The molecule has 0 saturated heterocycles. The number of hydrogen-bond donors (Lipinski definition) is 2. The maximum absolute atomic E-state index is 10.5. The molecule has 0 fully saturated rings. The van der Waals surface area contributed by atoms with E-state index in [2.05, 4.69) is 59.9 Å². The monoisotopic (exact) mass is 898 g/mol. The van der Waals surface area contributed by atoms with Gasteiger partial charge in [0.25, 0.3) is 0 Å². The average Bonchev–Trinajstić information content (AvgIpc) is 3.19. The Morgan fingerprint density at radius 3 is 1.45 bits per heavy atom. The number of aromatic nitrogens is 2. The van der Waals surface area contributed by atoms with Crippen LogP contribution in [0.4, 0.5) is 0 Å². The molecule has 2 aromatic heterocycles. The van der Waals surface area contributed by atoms with Crippen LogP contribution in [-0.4, -0.2) is 42.7 Å². The second kappa shape index (κ2) is 38.5. The summed E-state index contributed by atoms with van der Waals surface area (Å²) in [6.07, 6.45) is 44.0. The van der Waals surface area contributed by atoms with Crippen molar-refractivity contribution >= 4 is 0 Å². The Balaban J connectivity index is 0.0000146. The van der Waals surface area contributed by atoms with Crippen molar-refractivity contribution in [3.05, 3.63) is 55.1 Å². The Kier molecular flexibility index (Phi) is 37.7. The van der Waals surface area contributed by atoms with Gasteiger partial charge in [-0.25, -0.2) is 9.13 Å². The summed E-state index contributed by atoms with van der Waals surface area (Å²) >= 11 is 0. The Hall–Kier alpha value is -1.06. The molecule has 55 heavy (non-hydrogen) atoms. The third kappa shape index (κ3) is 28.9. The minimum Gasteiger partial charge on any atom is -1.00 e. The molecule has 0 aliphatic carbocycles. The summed E-state index contributed by atoms with van der Waals surface area (Å²) in [5.41, 5.74) is -0.857. The van der Waals surface area contributed by atoms with E-state index < -0.39 is 5.41 Å². The number of ether oxygens (including phenoxy) is 2. The van der Waals surface area contributed by atoms with E-state index in [1.807, 2.05) is 18.2 Å². The van der Waals surface area contributed by atoms with Crippen LogP contribution in [0.1, 0.15) is 187 Å². The van der Waals surface area contributed by atoms with Gasteiger partial charge in [0.15, 0.2) is 30.9 Å². The molecular formula is C47H84Br2N2O4. The van der Waals surface area contributed by atoms with Gasteiger partial charge in [0.05, 0.1) is 31.3 Å². The molecule has 2 rings (SSSR count). The summed E-state index contributed by atoms with van der Waals surface area (Å²) in [7, 11) is 0. The zero-order chi connectivity index (χ0) is 37.9. The lowest BCUT2D eigenvalue weighted by Gasteiger charge is -2.31. The molecule has 6 nitrogen and oxygen atoms in total. The number of aliphatic hydroxyl groups excluding tert-OH is 2. The van der Waals surface area contributed by atoms with E-state index >= 15 is 0 Å². The Morgan fingerprint density at radius 1 is 0.509 bits per heavy atom. The predicted molar refractivity (Wildman–Crippen MR) is 221 cm³/mol. The molecule has 0 saturated carbocycles. The van der Waals surface area contributed by atoms with Crippen LogP contribution in [0.3, 0.4) is 0 Å². The molecule has 1 unspecified atom stereocenters. The first kappa shape index (κ1) is 53.9. The minimum atomic E-state index is -0.857. The fraction of sp³-hybridized carbons (Fsp3) is 0.787. The summed E-state index contributed by atoms with van der Waals surface area (Å²) < 4.78 is 17.2. The van der Waals surface area contributed by atoms with Crippen molar-refractivity contribution in [2.45, 2.75) is 206 Å². The van der Waals surface area contributed by atoms with Crippen LogP contribution in [0.15, 0.2) is 55.1 Å². The third-order valence-electron chi connectivity index (χ3n) is 11.1. The smallest absolute Gasteiger partial charge is 0.211 e. The number of unbranched alkanes of at least 4 members (excludes halogenated alkanes) is 23. The number of hydrogen-bond acceptors (Lipinski definition) is 4. The van der Waals surface area contributed by atoms with Gasteiger partial charge in [0, 0.05) is 31.0 Å². The molecule has 8 heteroatoms. The second-order valence-electron chi connectivity index (χ2n) is 16.1. The van der Waals surface area contributed by atoms with Crippen LogP contribution < -0.4 is 47.8 Å². The maximum atomic E-state index is 10.5. The van der Waals surface area contributed by atoms with Crippen LogP contribution in [0.5, 0.6) is 5.75 Å². The van der Waals surface area contributed by atoms with Crippen molar-refractivity contribution in [2.75, 3.05) is 26.4 Å². The first-order valence-corrected chi connectivity index (χ1v) is 22.5. The number of rotatable bonds is 38. The van der Waals surface area contributed by atoms with E-state index in [0.29, 0.717) is 0 Å². The Morgan fingerprint density at radius 2 is 0.964 bits per heavy atom. The van der Waals surface area contributed by atoms with Crippen LogP contribution in [0.25, 0.3) is 0 Å². The van der Waals surface area contributed by atoms with E-state index in [0.717, 1.165) is 38.1 Å². The van der Waals surface area contributed by atoms with Gasteiger partial charge in [0.2, 0.25) is 6.20 Å². The van der Waals surface area contributed by atoms with E-state index in [1.165, 1.54) is 154 Å². The first-order chi connectivity index (χ1) is 26.1. The molecular weight excluding hydrogens is 816 g/mol. The van der Waals surface area contributed by atoms with Crippen molar-refractivity contribution in [1.29, 1.82) is 0 Å². The lowest BCUT2D eigenvalue weighted by atomic mass is 9.92. The average molecular weight is 901 g/mol. The van der Waals surface area contributed by atoms with Gasteiger partial charge in [-0.2, -0.15) is 0 Å². The number of nitrogens with zero attached hydrogens (tertiary/aromatic N) is 2. The molecule has 0 radical (unpaired) electrons. The zero-order valence-electron chi connectivity index (χ0n) is 35.5. The Labute approximate surface area is 360 Å². The molecule has 2 N–H and O–H groups in total. The van der Waals surface area contributed by atoms with Crippen LogP contribution in [0.2, 0.25) is 0 Å². The van der Waals surface area contributed by atoms with Crippen molar-refractivity contribution < 1.29 is 62.8 Å². The summed E-state index contributed by atoms with van der Waals surface area (Å²) in [5.74, 6) is 0.766. The van der Waals surface area contributed by atoms with Gasteiger partial charge in [-0.1, -0.05) is 168 Å². The molecule has 0 aliphatic rings. The number of pyridine rings is 2. The van der Waals surface area contributed by atoms with Gasteiger partial charge >= 0.3 is 0 Å². The second-order valence-corrected chi connectivity index (χ2v) is 16.1. The standard InChI is InChI=1S/C47H84N2O4.2BrH/c1-3-5-7-9-11-13-15-16-17-19-21-23-25-28-37-49-38-31-33-46(40-49)53-44-47(41-50,42-51)43-52-45(34-39-48-35-29-26-30-36-48)32-27-24-22-20-18-14-12-10-8-6-4-2;;/h26,29-31,33,35-36,38,40,45,50-51H,3-25,27-28,32,34,37,39,41-44H2,1-2H3;2*1H/q+2;;/p-2. The van der Waals surface area contributed by atoms with Crippen molar-refractivity contribution in [3.8, 4) is 5.75 Å². The summed E-state index contributed by atoms with van der Waals surface area (Å²) in [6.45, 7) is 6.53. The van der Waals surface area contributed by atoms with Gasteiger partial charge in [0.1, 0.15) is 13.2 Å². The normalized spacial score (nSPS) is 11.9. The van der Waals surface area contributed by atoms with E-state index in [-0.39, 0.29) is 66.5 Å². The first-order valence-electron chi connectivity index (χ1n) is 22.5. The molecule has 2 heterocycles. The fourth-order valence-electron chi connectivity index (χ4n) is 7.24. The molecule has 0 aromatic carbocycles. The number of aryl methyl sites for hydroxylation is 2. The predicted octanol–water partition coefficient (Wildman–Crippen LogP) is 5.28. The SMILES string of the molecule is CCCCCCCCCCCCCCCC[n+]1cccc(OCC(CO)(CO)COC(CCCCCCCCCCCCC)CC[n+]2ccccc2)c1.[Br-].[Br-]. The molecule has 0 spiro atoms. The van der Waals surface area contributed by atoms with Gasteiger partial charge in [-0.3, -0.25) is 0 Å². The van der Waals surface area contributed by atoms with Crippen LogP contribution >= 0.6 is 0 Å². The minimum absolute atomic E-state index is 0. The van der Waals surface area contributed by atoms with Crippen molar-refractivity contribution in [3.63, 3.8) is 0 Å². The number of aliphatic hydroxyl groups is 2. The molecule has 0 bridgehead atoms. The quantitative estimate of drug-likeness (QED) is 0.0713. The molecule has 320 valence electrons. The summed E-state index contributed by atoms with van der Waals surface area (Å²) in [6, 6.07) is 10.2. The van der Waals surface area contributed by atoms with Crippen molar-refractivity contribution in [2.24, 2.45) is 5.41 Å². The maximum Gasteiger partial charge on any atom is 0.211 e. The molecule has 0 amide bonds. The van der Waals surface area contributed by atoms with E-state index in [4.69, 9.17) is 9.47 Å². The fourth-order valence-corrected chi connectivity index (χ4v) is 7.24. The largest absolute Gasteiger partial charge is 1.00 e. The topological polar surface area (TPSA) is 66.7 Å². The third-order valence-corrected chi connectivity index (χ3v) is 11.1. The highest BCUT2D eigenvalue weighted by Crippen LogP contribution is 2.23. The lowest BCUT2D eigenvalue weighted by Crippen LogP contribution is -3.00. The molecule has 2 aromatic rings. The highest BCUT2D eigenvalue weighted by atomic mass is 79.9. The lowest BCUT2D eigenvalue weighted by molar-refractivity contribution is -0.698. The van der Waals surface area contributed by atoms with Gasteiger partial charge in [-0.05, 0) is 18.9 Å². The van der Waals surface area contributed by atoms with Gasteiger partial charge < -0.3 is 53.6 Å². The Bertz CT molecular complexity index is 1080. The molecule has 1 atom stereocenters. The summed E-state index contributed by atoms with van der Waals surface area (Å²) in [5, 5.41) is 20.9.